The maximum atomic E-state index is 12.9. The number of nitrogens with one attached hydrogen (secondary N) is 1. The number of fused-ring (bicyclic) bond motifs is 1. The zero-order valence-corrected chi connectivity index (χ0v) is 7.15. The number of hydrogen-bond donors (Lipinski definition) is 1. The van der Waals surface area contributed by atoms with Gasteiger partial charge in [0.2, 0.25) is 0 Å². The molecule has 2 atom stereocenters. The molecule has 1 nitrogen and oxygen atoms in total. The Morgan fingerprint density at radius 1 is 1.17 bits per heavy atom. The summed E-state index contributed by atoms with van der Waals surface area (Å²) >= 11 is 0. The molecular weight excluding hydrogens is 160 g/mol. The Balaban J connectivity index is 1.99. The zero-order chi connectivity index (χ0) is 8.60. The molecule has 2 rings (SSSR count). The first-order valence-corrected chi connectivity index (χ1v) is 4.79. The second kappa shape index (κ2) is 2.95. The fourth-order valence-corrected chi connectivity index (χ4v) is 2.46. The fourth-order valence-electron chi connectivity index (χ4n) is 2.46. The van der Waals surface area contributed by atoms with Crippen LogP contribution in [0.2, 0.25) is 0 Å². The van der Waals surface area contributed by atoms with Crippen LogP contribution in [0.3, 0.4) is 0 Å². The second-order valence-electron chi connectivity index (χ2n) is 4.09. The Morgan fingerprint density at radius 3 is 2.75 bits per heavy atom. The summed E-state index contributed by atoms with van der Waals surface area (Å²) in [5.74, 6) is -2.21. The Morgan fingerprint density at radius 2 is 1.92 bits per heavy atom. The van der Waals surface area contributed by atoms with Crippen molar-refractivity contribution >= 4 is 0 Å². The first-order chi connectivity index (χ1) is 5.67. The lowest BCUT2D eigenvalue weighted by Crippen LogP contribution is -2.51. The van der Waals surface area contributed by atoms with Gasteiger partial charge >= 0.3 is 0 Å². The minimum atomic E-state index is -2.45. The summed E-state index contributed by atoms with van der Waals surface area (Å²) < 4.78 is 25.8. The third-order valence-electron chi connectivity index (χ3n) is 3.09. The maximum Gasteiger partial charge on any atom is 0.260 e. The molecule has 0 aromatic rings. The van der Waals surface area contributed by atoms with Crippen LogP contribution in [0, 0.1) is 5.92 Å². The van der Waals surface area contributed by atoms with E-state index < -0.39 is 5.92 Å². The summed E-state index contributed by atoms with van der Waals surface area (Å²) in [7, 11) is 0. The van der Waals surface area contributed by atoms with E-state index in [1.54, 1.807) is 0 Å². The van der Waals surface area contributed by atoms with Crippen molar-refractivity contribution in [3.05, 3.63) is 0 Å². The van der Waals surface area contributed by atoms with E-state index in [-0.39, 0.29) is 18.9 Å². The van der Waals surface area contributed by atoms with Gasteiger partial charge in [-0.2, -0.15) is 0 Å². The van der Waals surface area contributed by atoms with Crippen LogP contribution >= 0.6 is 0 Å². The average molecular weight is 175 g/mol. The summed E-state index contributed by atoms with van der Waals surface area (Å²) in [6.45, 7) is -0.103. The Bertz CT molecular complexity index is 170. The topological polar surface area (TPSA) is 12.0 Å². The molecule has 0 amide bonds. The minimum absolute atomic E-state index is 0.103. The van der Waals surface area contributed by atoms with E-state index in [0.717, 1.165) is 19.3 Å². The van der Waals surface area contributed by atoms with Crippen molar-refractivity contribution in [2.75, 3.05) is 6.54 Å². The van der Waals surface area contributed by atoms with E-state index in [9.17, 15) is 8.78 Å². The summed E-state index contributed by atoms with van der Waals surface area (Å²) in [6.07, 6.45) is 4.55. The normalized spacial score (nSPS) is 40.5. The predicted molar refractivity (Wildman–Crippen MR) is 43.3 cm³/mol. The standard InChI is InChI=1S/C9H15F2N/c10-9(11)5-7-3-1-2-4-8(7)12-6-9/h7-8,12H,1-6H2. The van der Waals surface area contributed by atoms with E-state index in [4.69, 9.17) is 0 Å². The average Bonchev–Trinajstić information content (AvgIpc) is 2.02. The highest BCUT2D eigenvalue weighted by molar-refractivity contribution is 4.91. The van der Waals surface area contributed by atoms with E-state index in [2.05, 4.69) is 5.32 Å². The highest BCUT2D eigenvalue weighted by Gasteiger charge is 2.41. The van der Waals surface area contributed by atoms with Crippen LogP contribution in [0.1, 0.15) is 32.1 Å². The van der Waals surface area contributed by atoms with Crippen LogP contribution < -0.4 is 5.32 Å². The molecule has 2 aliphatic rings. The molecule has 2 unspecified atom stereocenters. The molecule has 1 saturated heterocycles. The first-order valence-electron chi connectivity index (χ1n) is 4.79. The van der Waals surface area contributed by atoms with Gasteiger partial charge in [-0.1, -0.05) is 12.8 Å². The fraction of sp³-hybridized carbons (Fsp3) is 1.00. The maximum absolute atomic E-state index is 12.9. The largest absolute Gasteiger partial charge is 0.308 e. The summed E-state index contributed by atoms with van der Waals surface area (Å²) in [6, 6.07) is 0.387. The lowest BCUT2D eigenvalue weighted by Gasteiger charge is -2.39. The Hall–Kier alpha value is -0.180. The van der Waals surface area contributed by atoms with Crippen molar-refractivity contribution in [2.45, 2.75) is 44.1 Å². The molecule has 3 heteroatoms. The minimum Gasteiger partial charge on any atom is -0.308 e. The highest BCUT2D eigenvalue weighted by Crippen LogP contribution is 2.36. The SMILES string of the molecule is FC1(F)CNC2CCCCC2C1. The van der Waals surface area contributed by atoms with E-state index in [1.165, 1.54) is 6.42 Å². The highest BCUT2D eigenvalue weighted by atomic mass is 19.3. The number of alkyl halides is 2. The van der Waals surface area contributed by atoms with Crippen molar-refractivity contribution < 1.29 is 8.78 Å². The lowest BCUT2D eigenvalue weighted by molar-refractivity contribution is -0.0589. The van der Waals surface area contributed by atoms with Gasteiger partial charge < -0.3 is 5.32 Å². The second-order valence-corrected chi connectivity index (χ2v) is 4.09. The van der Waals surface area contributed by atoms with Gasteiger partial charge in [0.25, 0.3) is 5.92 Å². The molecule has 0 aromatic carbocycles. The van der Waals surface area contributed by atoms with Gasteiger partial charge in [0.1, 0.15) is 0 Å². The lowest BCUT2D eigenvalue weighted by atomic mass is 9.78. The smallest absolute Gasteiger partial charge is 0.260 e. The van der Waals surface area contributed by atoms with Gasteiger partial charge in [-0.05, 0) is 18.8 Å². The van der Waals surface area contributed by atoms with E-state index in [1.807, 2.05) is 0 Å². The summed E-state index contributed by atoms with van der Waals surface area (Å²) in [5, 5.41) is 2.96. The quantitative estimate of drug-likeness (QED) is 0.595. The zero-order valence-electron chi connectivity index (χ0n) is 7.15. The number of halogens is 2. The molecule has 0 spiro atoms. The third kappa shape index (κ3) is 1.60. The third-order valence-corrected chi connectivity index (χ3v) is 3.09. The van der Waals surface area contributed by atoms with Gasteiger partial charge in [-0.3, -0.25) is 0 Å². The van der Waals surface area contributed by atoms with Crippen LogP contribution in [0.4, 0.5) is 8.78 Å². The molecule has 70 valence electrons. The first kappa shape index (κ1) is 8.42. The van der Waals surface area contributed by atoms with Crippen molar-refractivity contribution in [1.29, 1.82) is 0 Å². The molecule has 0 aromatic heterocycles. The van der Waals surface area contributed by atoms with Crippen molar-refractivity contribution in [2.24, 2.45) is 5.92 Å². The van der Waals surface area contributed by atoms with Crippen molar-refractivity contribution in [1.82, 2.24) is 5.32 Å². The molecule has 1 N–H and O–H groups in total. The molecule has 12 heavy (non-hydrogen) atoms. The van der Waals surface area contributed by atoms with Gasteiger partial charge in [0.05, 0.1) is 6.54 Å². The predicted octanol–water partition coefficient (Wildman–Crippen LogP) is 2.17. The van der Waals surface area contributed by atoms with Crippen molar-refractivity contribution in [3.63, 3.8) is 0 Å². The molecule has 1 heterocycles. The molecular formula is C9H15F2N. The molecule has 2 fully saturated rings. The molecule has 1 aliphatic carbocycles. The van der Waals surface area contributed by atoms with Crippen LogP contribution in [-0.4, -0.2) is 18.5 Å². The molecule has 0 bridgehead atoms. The molecule has 1 aliphatic heterocycles. The van der Waals surface area contributed by atoms with Crippen LogP contribution in [-0.2, 0) is 0 Å². The van der Waals surface area contributed by atoms with Crippen LogP contribution in [0.15, 0.2) is 0 Å². The van der Waals surface area contributed by atoms with Gasteiger partial charge in [0, 0.05) is 12.5 Å². The van der Waals surface area contributed by atoms with E-state index in [0.29, 0.717) is 6.04 Å². The van der Waals surface area contributed by atoms with Gasteiger partial charge in [0.15, 0.2) is 0 Å². The Kier molecular flexibility index (Phi) is 2.07. The van der Waals surface area contributed by atoms with Crippen molar-refractivity contribution in [3.8, 4) is 0 Å². The van der Waals surface area contributed by atoms with E-state index >= 15 is 0 Å². The molecule has 0 radical (unpaired) electrons. The van der Waals surface area contributed by atoms with Gasteiger partial charge in [-0.25, -0.2) is 8.78 Å². The number of hydrogen-bond acceptors (Lipinski definition) is 1. The Labute approximate surface area is 71.5 Å². The number of piperidine rings is 1. The summed E-state index contributed by atoms with van der Waals surface area (Å²) in [4.78, 5) is 0. The molecule has 1 saturated carbocycles. The summed E-state index contributed by atoms with van der Waals surface area (Å²) in [5.41, 5.74) is 0. The van der Waals surface area contributed by atoms with Crippen LogP contribution in [0.25, 0.3) is 0 Å². The number of rotatable bonds is 0. The van der Waals surface area contributed by atoms with Gasteiger partial charge in [-0.15, -0.1) is 0 Å². The monoisotopic (exact) mass is 175 g/mol. The van der Waals surface area contributed by atoms with Crippen LogP contribution in [0.5, 0.6) is 0 Å².